The van der Waals surface area contributed by atoms with Gasteiger partial charge < -0.3 is 10.4 Å². The van der Waals surface area contributed by atoms with Crippen LogP contribution < -0.4 is 5.32 Å². The van der Waals surface area contributed by atoms with Crippen LogP contribution in [-0.2, 0) is 10.3 Å². The van der Waals surface area contributed by atoms with Gasteiger partial charge in [-0.3, -0.25) is 0 Å². The largest absolute Gasteiger partial charge is 0.478 e. The van der Waals surface area contributed by atoms with Crippen molar-refractivity contribution in [2.45, 2.75) is 19.4 Å². The number of thiazole rings is 1. The van der Waals surface area contributed by atoms with Crippen LogP contribution in [-0.4, -0.2) is 22.6 Å². The third kappa shape index (κ3) is 3.81. The summed E-state index contributed by atoms with van der Waals surface area (Å²) in [6, 6.07) is 0. The second kappa shape index (κ2) is 5.04. The number of carbonyl (C=O) groups is 1. The van der Waals surface area contributed by atoms with E-state index in [0.717, 1.165) is 11.1 Å². The van der Waals surface area contributed by atoms with E-state index in [1.807, 2.05) is 19.2 Å². The van der Waals surface area contributed by atoms with Gasteiger partial charge in [0.25, 0.3) is 0 Å². The number of carboxylic acids is 1. The zero-order chi connectivity index (χ0) is 11.3. The maximum Gasteiger partial charge on any atom is 0.328 e. The Morgan fingerprint density at radius 2 is 2.47 bits per heavy atom. The second-order valence-corrected chi connectivity index (χ2v) is 4.48. The number of hydrogen-bond donors (Lipinski definition) is 2. The van der Waals surface area contributed by atoms with E-state index in [4.69, 9.17) is 5.11 Å². The number of nitrogens with one attached hydrogen (secondary N) is 1. The Morgan fingerprint density at radius 3 is 3.00 bits per heavy atom. The summed E-state index contributed by atoms with van der Waals surface area (Å²) in [7, 11) is 0. The summed E-state index contributed by atoms with van der Waals surface area (Å²) in [5, 5.41) is 14.5. The van der Waals surface area contributed by atoms with Gasteiger partial charge in [-0.05, 0) is 13.8 Å². The molecule has 82 valence electrons. The van der Waals surface area contributed by atoms with Crippen molar-refractivity contribution in [3.63, 3.8) is 0 Å². The fourth-order valence-electron chi connectivity index (χ4n) is 1.08. The average molecular weight is 226 g/mol. The first-order valence-electron chi connectivity index (χ1n) is 4.57. The molecule has 0 aliphatic heterocycles. The highest BCUT2D eigenvalue weighted by Crippen LogP contribution is 2.21. The van der Waals surface area contributed by atoms with Crippen LogP contribution in [0.25, 0.3) is 0 Å². The molecule has 0 bridgehead atoms. The van der Waals surface area contributed by atoms with Crippen LogP contribution in [0.4, 0.5) is 0 Å². The molecule has 0 saturated heterocycles. The van der Waals surface area contributed by atoms with Crippen molar-refractivity contribution >= 4 is 17.3 Å². The maximum absolute atomic E-state index is 10.2. The third-order valence-electron chi connectivity index (χ3n) is 1.89. The predicted molar refractivity (Wildman–Crippen MR) is 59.9 cm³/mol. The molecule has 1 aromatic rings. The van der Waals surface area contributed by atoms with Crippen LogP contribution in [0.5, 0.6) is 0 Å². The van der Waals surface area contributed by atoms with Gasteiger partial charge in [0.05, 0.1) is 5.54 Å². The van der Waals surface area contributed by atoms with Gasteiger partial charge in [-0.25, -0.2) is 9.78 Å². The first-order valence-corrected chi connectivity index (χ1v) is 5.45. The summed E-state index contributed by atoms with van der Waals surface area (Å²) >= 11 is 1.58. The van der Waals surface area contributed by atoms with Gasteiger partial charge in [-0.15, -0.1) is 11.3 Å². The SMILES string of the molecule is CC(C)(NC/C=C/C(=O)O)c1nccs1. The number of rotatable bonds is 5. The number of hydrogen-bond acceptors (Lipinski definition) is 4. The number of nitrogens with zero attached hydrogens (tertiary/aromatic N) is 1. The molecular formula is C10H14N2O2S. The molecule has 15 heavy (non-hydrogen) atoms. The first kappa shape index (κ1) is 11.9. The highest BCUT2D eigenvalue weighted by atomic mass is 32.1. The molecule has 0 aliphatic carbocycles. The van der Waals surface area contributed by atoms with Gasteiger partial charge in [0.1, 0.15) is 5.01 Å². The molecule has 5 heteroatoms. The monoisotopic (exact) mass is 226 g/mol. The Balaban J connectivity index is 2.47. The van der Waals surface area contributed by atoms with Gasteiger partial charge in [-0.1, -0.05) is 6.08 Å². The molecule has 0 fully saturated rings. The summed E-state index contributed by atoms with van der Waals surface area (Å²) in [5.41, 5.74) is -0.225. The standard InChI is InChI=1S/C10H14N2O2S/c1-10(2,9-11-6-7-15-9)12-5-3-4-8(13)14/h3-4,6-7,12H,5H2,1-2H3,(H,13,14)/b4-3+. The number of aromatic nitrogens is 1. The maximum atomic E-state index is 10.2. The molecule has 1 heterocycles. The fraction of sp³-hybridized carbons (Fsp3) is 0.400. The summed E-state index contributed by atoms with van der Waals surface area (Å²) in [5.74, 6) is -0.927. The van der Waals surface area contributed by atoms with E-state index in [1.54, 1.807) is 23.6 Å². The molecule has 0 aliphatic rings. The molecule has 4 nitrogen and oxygen atoms in total. The predicted octanol–water partition coefficient (Wildman–Crippen LogP) is 1.61. The minimum Gasteiger partial charge on any atom is -0.478 e. The van der Waals surface area contributed by atoms with E-state index in [0.29, 0.717) is 6.54 Å². The van der Waals surface area contributed by atoms with Crippen molar-refractivity contribution in [1.82, 2.24) is 10.3 Å². The van der Waals surface area contributed by atoms with E-state index < -0.39 is 5.97 Å². The van der Waals surface area contributed by atoms with E-state index in [1.165, 1.54) is 0 Å². The molecule has 0 unspecified atom stereocenters. The normalized spacial score (nSPS) is 12.1. The van der Waals surface area contributed by atoms with Crippen molar-refractivity contribution in [3.8, 4) is 0 Å². The lowest BCUT2D eigenvalue weighted by Gasteiger charge is -2.22. The third-order valence-corrected chi connectivity index (χ3v) is 2.99. The highest BCUT2D eigenvalue weighted by molar-refractivity contribution is 7.09. The van der Waals surface area contributed by atoms with E-state index in [9.17, 15) is 4.79 Å². The van der Waals surface area contributed by atoms with Gasteiger partial charge in [-0.2, -0.15) is 0 Å². The van der Waals surface area contributed by atoms with Crippen molar-refractivity contribution in [2.24, 2.45) is 0 Å². The summed E-state index contributed by atoms with van der Waals surface area (Å²) in [6.07, 6.45) is 4.47. The molecular weight excluding hydrogens is 212 g/mol. The van der Waals surface area contributed by atoms with Gasteiger partial charge in [0.2, 0.25) is 0 Å². The second-order valence-electron chi connectivity index (χ2n) is 3.58. The Hall–Kier alpha value is -1.20. The van der Waals surface area contributed by atoms with Crippen molar-refractivity contribution in [2.75, 3.05) is 6.54 Å². The minimum absolute atomic E-state index is 0.225. The number of aliphatic carboxylic acids is 1. The lowest BCUT2D eigenvalue weighted by Crippen LogP contribution is -2.36. The van der Waals surface area contributed by atoms with Gasteiger partial charge >= 0.3 is 5.97 Å². The van der Waals surface area contributed by atoms with Crippen molar-refractivity contribution in [3.05, 3.63) is 28.7 Å². The molecule has 1 aromatic heterocycles. The number of carboxylic acid groups (broad SMARTS) is 1. The Kier molecular flexibility index (Phi) is 3.99. The van der Waals surface area contributed by atoms with E-state index >= 15 is 0 Å². The summed E-state index contributed by atoms with van der Waals surface area (Å²) < 4.78 is 0. The minimum atomic E-state index is -0.927. The van der Waals surface area contributed by atoms with Gasteiger partial charge in [0, 0.05) is 24.2 Å². The topological polar surface area (TPSA) is 62.2 Å². The molecule has 0 spiro atoms. The van der Waals surface area contributed by atoms with Crippen molar-refractivity contribution in [1.29, 1.82) is 0 Å². The van der Waals surface area contributed by atoms with Crippen LogP contribution in [0.1, 0.15) is 18.9 Å². The molecule has 0 aromatic carbocycles. The lowest BCUT2D eigenvalue weighted by atomic mass is 10.1. The molecule has 0 saturated carbocycles. The molecule has 0 atom stereocenters. The van der Waals surface area contributed by atoms with Crippen LogP contribution in [0.2, 0.25) is 0 Å². The molecule has 2 N–H and O–H groups in total. The average Bonchev–Trinajstić information content (AvgIpc) is 2.65. The van der Waals surface area contributed by atoms with Gasteiger partial charge in [0.15, 0.2) is 0 Å². The highest BCUT2D eigenvalue weighted by Gasteiger charge is 2.21. The fourth-order valence-corrected chi connectivity index (χ4v) is 1.82. The Bertz CT molecular complexity index is 344. The smallest absolute Gasteiger partial charge is 0.328 e. The molecule has 0 radical (unpaired) electrons. The van der Waals surface area contributed by atoms with E-state index in [-0.39, 0.29) is 5.54 Å². The molecule has 0 amide bonds. The lowest BCUT2D eigenvalue weighted by molar-refractivity contribution is -0.131. The summed E-state index contributed by atoms with van der Waals surface area (Å²) in [4.78, 5) is 14.4. The summed E-state index contributed by atoms with van der Waals surface area (Å²) in [6.45, 7) is 4.54. The van der Waals surface area contributed by atoms with E-state index in [2.05, 4.69) is 10.3 Å². The first-order chi connectivity index (χ1) is 7.02. The van der Waals surface area contributed by atoms with Crippen LogP contribution in [0, 0.1) is 0 Å². The Morgan fingerprint density at radius 1 is 1.73 bits per heavy atom. The Labute approximate surface area is 92.7 Å². The van der Waals surface area contributed by atoms with Crippen LogP contribution in [0.15, 0.2) is 23.7 Å². The zero-order valence-corrected chi connectivity index (χ0v) is 9.54. The zero-order valence-electron chi connectivity index (χ0n) is 8.73. The van der Waals surface area contributed by atoms with Crippen molar-refractivity contribution < 1.29 is 9.90 Å². The quantitative estimate of drug-likeness (QED) is 0.749. The van der Waals surface area contributed by atoms with Crippen LogP contribution >= 0.6 is 11.3 Å². The molecule has 1 rings (SSSR count). The van der Waals surface area contributed by atoms with Crippen LogP contribution in [0.3, 0.4) is 0 Å².